The molecule has 18 heteroatoms. The zero-order chi connectivity index (χ0) is 52.3. The van der Waals surface area contributed by atoms with E-state index in [9.17, 15) is 33.9 Å². The molecule has 0 spiro atoms. The second kappa shape index (κ2) is 33.4. The topological polar surface area (TPSA) is 237 Å². The molecule has 0 radical (unpaired) electrons. The minimum Gasteiger partial charge on any atom is -0.756 e. The first-order chi connectivity index (χ1) is 33.0. The molecule has 7 atom stereocenters. The lowest BCUT2D eigenvalue weighted by atomic mass is 10.0. The molecule has 70 heavy (non-hydrogen) atoms. The number of phosphoric ester groups is 2. The van der Waals surface area contributed by atoms with Crippen LogP contribution in [0.15, 0.2) is 110 Å². The Kier molecular flexibility index (Phi) is 30.0. The molecule has 1 aromatic rings. The zero-order valence-corrected chi connectivity index (χ0v) is 45.2. The highest BCUT2D eigenvalue weighted by molar-refractivity contribution is 7.59. The van der Waals surface area contributed by atoms with E-state index < -0.39 is 65.2 Å². The van der Waals surface area contributed by atoms with E-state index in [0.29, 0.717) is 0 Å². The van der Waals surface area contributed by atoms with Crippen LogP contribution >= 0.6 is 15.6 Å². The Bertz CT molecular complexity index is 2170. The van der Waals surface area contributed by atoms with Crippen molar-refractivity contribution in [1.29, 1.82) is 0 Å². The van der Waals surface area contributed by atoms with Gasteiger partial charge in [0.2, 0.25) is 0 Å². The van der Waals surface area contributed by atoms with Crippen molar-refractivity contribution >= 4 is 21.5 Å². The molecule has 1 saturated heterocycles. The summed E-state index contributed by atoms with van der Waals surface area (Å²) in [7, 11) is -11.2. The van der Waals surface area contributed by atoms with Crippen LogP contribution in [0.3, 0.4) is 0 Å². The van der Waals surface area contributed by atoms with Crippen molar-refractivity contribution in [3.8, 4) is 0 Å². The van der Waals surface area contributed by atoms with Crippen LogP contribution in [0.4, 0.5) is 5.82 Å². The van der Waals surface area contributed by atoms with Crippen LogP contribution in [0, 0.1) is 0 Å². The van der Waals surface area contributed by atoms with Crippen molar-refractivity contribution in [1.82, 2.24) is 9.55 Å². The largest absolute Gasteiger partial charge is 0.756 e. The molecule has 2 heterocycles. The number of anilines is 1. The molecular weight excluding hydrogens is 937 g/mol. The highest BCUT2D eigenvalue weighted by Gasteiger charge is 2.45. The number of ether oxygens (including phenoxy) is 3. The summed E-state index contributed by atoms with van der Waals surface area (Å²) in [5, 5.41) is 20.9. The van der Waals surface area contributed by atoms with E-state index in [1.54, 1.807) is 0 Å². The number of rotatable bonds is 34. The van der Waals surface area contributed by atoms with Crippen LogP contribution in [0.2, 0.25) is 0 Å². The predicted octanol–water partition coefficient (Wildman–Crippen LogP) is 10.1. The Morgan fingerprint density at radius 3 is 1.56 bits per heavy atom. The fourth-order valence-electron chi connectivity index (χ4n) is 7.07. The number of nitrogens with zero attached hydrogens (tertiary/aromatic N) is 2. The fraction of sp³-hybridized carbons (Fsp3) is 0.615. The zero-order valence-electron chi connectivity index (χ0n) is 43.4. The van der Waals surface area contributed by atoms with Gasteiger partial charge < -0.3 is 49.0 Å². The number of hydrogen-bond acceptors (Lipinski definition) is 15. The Hall–Kier alpha value is -3.34. The minimum atomic E-state index is -5.65. The summed E-state index contributed by atoms with van der Waals surface area (Å²) in [5.41, 5.74) is 15.0. The van der Waals surface area contributed by atoms with Gasteiger partial charge in [0.15, 0.2) is 6.23 Å². The van der Waals surface area contributed by atoms with Crippen molar-refractivity contribution in [3.05, 3.63) is 116 Å². The van der Waals surface area contributed by atoms with Crippen LogP contribution in [-0.2, 0) is 36.7 Å². The average Bonchev–Trinajstić information content (AvgIpc) is 3.54. The second-order valence-electron chi connectivity index (χ2n) is 18.7. The average molecular weight is 1020 g/mol. The van der Waals surface area contributed by atoms with Gasteiger partial charge in [0, 0.05) is 6.20 Å². The van der Waals surface area contributed by atoms with Gasteiger partial charge in [-0.3, -0.25) is 13.7 Å². The van der Waals surface area contributed by atoms with Crippen molar-refractivity contribution in [3.63, 3.8) is 0 Å². The Morgan fingerprint density at radius 2 is 1.10 bits per heavy atom. The minimum absolute atomic E-state index is 0.0830. The third-order valence-electron chi connectivity index (χ3n) is 11.4. The van der Waals surface area contributed by atoms with Gasteiger partial charge in [-0.1, -0.05) is 93.2 Å². The third-order valence-corrected chi connectivity index (χ3v) is 13.9. The number of aliphatic hydroxyl groups is 2. The molecule has 0 saturated carbocycles. The quantitative estimate of drug-likeness (QED) is 0.0331. The number of nitrogen functional groups attached to an aromatic ring is 1. The van der Waals surface area contributed by atoms with E-state index >= 15 is 0 Å². The van der Waals surface area contributed by atoms with E-state index in [-0.39, 0.29) is 25.6 Å². The molecule has 1 aliphatic rings. The number of aromatic nitrogens is 2. The maximum atomic E-state index is 12.8. The normalized spacial score (nSPS) is 20.8. The van der Waals surface area contributed by atoms with Crippen molar-refractivity contribution in [2.45, 2.75) is 177 Å². The van der Waals surface area contributed by atoms with E-state index in [1.807, 2.05) is 26.0 Å². The lowest BCUT2D eigenvalue weighted by molar-refractivity contribution is -0.246. The molecule has 2 rings (SSSR count). The van der Waals surface area contributed by atoms with Crippen LogP contribution in [0.1, 0.15) is 153 Å². The van der Waals surface area contributed by atoms with Gasteiger partial charge in [-0.25, -0.2) is 9.11 Å². The van der Waals surface area contributed by atoms with E-state index in [2.05, 4.69) is 101 Å². The molecule has 16 nitrogen and oxygen atoms in total. The van der Waals surface area contributed by atoms with Crippen molar-refractivity contribution in [2.24, 2.45) is 0 Å². The molecule has 1 aromatic heterocycles. The van der Waals surface area contributed by atoms with E-state index in [0.717, 1.165) is 92.8 Å². The maximum absolute atomic E-state index is 12.8. The summed E-state index contributed by atoms with van der Waals surface area (Å²) >= 11 is 0. The first kappa shape index (κ1) is 62.8. The molecule has 0 amide bonds. The summed E-state index contributed by atoms with van der Waals surface area (Å²) in [6, 6.07) is 1.26. The monoisotopic (exact) mass is 1020 g/mol. The number of hydrogen-bond donors (Lipinski definition) is 3. The molecule has 1 aliphatic heterocycles. The van der Waals surface area contributed by atoms with Gasteiger partial charge in [0.05, 0.1) is 33.0 Å². The molecule has 0 aromatic carbocycles. The SMILES string of the molecule is CC(C)=CCC/C(C)=C/CC/C(C)=C/CC/C(C)=C/COC[C@@H](COP(=O)([O-])OP(=O)([O-])OC[C@H]1O[C@@H](n2ccc(N)nc2=O)[C@H](O)[C@@H]1O)OC/C=C(\C)CC/C=C(\C)CC/C=C(\C)CCC=C(C)C. The van der Waals surface area contributed by atoms with E-state index in [1.165, 1.54) is 45.7 Å². The van der Waals surface area contributed by atoms with Crippen molar-refractivity contribution in [2.75, 3.05) is 38.8 Å². The van der Waals surface area contributed by atoms with Crippen LogP contribution in [0.25, 0.3) is 0 Å². The number of aliphatic hydroxyl groups excluding tert-OH is 2. The molecular formula is C52H83N3O13P2-2. The second-order valence-corrected chi connectivity index (χ2v) is 21.7. The summed E-state index contributed by atoms with van der Waals surface area (Å²) in [4.78, 5) is 41.3. The Labute approximate surface area is 418 Å². The molecule has 2 unspecified atom stereocenters. The standard InChI is InChI=1S/C52H85N3O13P2/c1-38(2)17-11-19-40(5)21-13-23-42(7)25-15-27-44(9)30-33-63-35-46(64-34-31-45(10)28-16-26-43(8)24-14-22-41(6)20-12-18-39(3)4)36-65-69(59,60)68-70(61,62)66-37-47-49(56)50(57)51(67-47)55-32-29-48(53)54-52(55)58/h17-18,21-22,25-26,29-32,46-47,49-51,56-57H,11-16,19-20,23-24,27-28,33-37H2,1-10H3,(H,59,60)(H,61,62)(H2,53,54,58)/p-2/b40-21+,41-22+,42-25+,43-26+,44-30+,45-31+/t46-,47+,49+,50+,51+/m0/s1. The molecule has 4 N–H and O–H groups in total. The highest BCUT2D eigenvalue weighted by Crippen LogP contribution is 2.56. The van der Waals surface area contributed by atoms with Crippen LogP contribution in [0.5, 0.6) is 0 Å². The van der Waals surface area contributed by atoms with Gasteiger partial charge in [-0.2, -0.15) is 4.98 Å². The van der Waals surface area contributed by atoms with Crippen LogP contribution in [-0.4, -0.2) is 77.2 Å². The number of allylic oxidation sites excluding steroid dienone is 14. The summed E-state index contributed by atoms with van der Waals surface area (Å²) in [6.07, 6.45) is 23.0. The summed E-state index contributed by atoms with van der Waals surface area (Å²) in [5.74, 6) is -0.0939. The molecule has 0 aliphatic carbocycles. The lowest BCUT2D eigenvalue weighted by Crippen LogP contribution is -2.36. The fourth-order valence-corrected chi connectivity index (χ4v) is 9.11. The Morgan fingerprint density at radius 1 is 0.671 bits per heavy atom. The molecule has 396 valence electrons. The third kappa shape index (κ3) is 28.0. The van der Waals surface area contributed by atoms with E-state index in [4.69, 9.17) is 29.0 Å². The van der Waals surface area contributed by atoms with Crippen molar-refractivity contribution < 1.29 is 56.7 Å². The summed E-state index contributed by atoms with van der Waals surface area (Å²) in [6.45, 7) is 19.8. The van der Waals surface area contributed by atoms with Gasteiger partial charge in [0.1, 0.15) is 30.2 Å². The lowest BCUT2D eigenvalue weighted by Gasteiger charge is -2.32. The maximum Gasteiger partial charge on any atom is 0.351 e. The van der Waals surface area contributed by atoms with Gasteiger partial charge in [-0.05, 0) is 152 Å². The smallest absolute Gasteiger partial charge is 0.351 e. The first-order valence-electron chi connectivity index (χ1n) is 24.4. The Balaban J connectivity index is 1.99. The number of nitrogens with two attached hydrogens (primary N) is 1. The van der Waals surface area contributed by atoms with Crippen LogP contribution < -0.4 is 21.2 Å². The predicted molar refractivity (Wildman–Crippen MR) is 274 cm³/mol. The van der Waals surface area contributed by atoms with Gasteiger partial charge in [0.25, 0.3) is 15.6 Å². The first-order valence-corrected chi connectivity index (χ1v) is 27.3. The molecule has 1 fully saturated rings. The number of phosphoric acid groups is 2. The van der Waals surface area contributed by atoms with Gasteiger partial charge >= 0.3 is 5.69 Å². The van der Waals surface area contributed by atoms with Gasteiger partial charge in [-0.15, -0.1) is 0 Å². The molecule has 0 bridgehead atoms. The highest BCUT2D eigenvalue weighted by atomic mass is 31.3. The summed E-state index contributed by atoms with van der Waals surface area (Å²) < 4.78 is 57.6.